The van der Waals surface area contributed by atoms with Gasteiger partial charge in [-0.1, -0.05) is 11.6 Å². The van der Waals surface area contributed by atoms with Gasteiger partial charge in [-0.2, -0.15) is 23.4 Å². The average Bonchev–Trinajstić information content (AvgIpc) is 3.14. The van der Waals surface area contributed by atoms with Gasteiger partial charge in [0.2, 0.25) is 0 Å². The number of nitrogens with one attached hydrogen (secondary N) is 1. The second-order valence-corrected chi connectivity index (χ2v) is 6.78. The number of fused-ring (bicyclic) bond motifs is 1. The largest absolute Gasteiger partial charge is 0.433 e. The van der Waals surface area contributed by atoms with Crippen molar-refractivity contribution in [3.63, 3.8) is 0 Å². The average molecular weight is 415 g/mol. The van der Waals surface area contributed by atoms with Crippen molar-refractivity contribution in [2.24, 2.45) is 0 Å². The highest BCUT2D eigenvalue weighted by molar-refractivity contribution is 6.36. The summed E-state index contributed by atoms with van der Waals surface area (Å²) in [7, 11) is 0. The molecule has 0 aliphatic carbocycles. The molecule has 7 nitrogen and oxygen atoms in total. The van der Waals surface area contributed by atoms with E-state index in [9.17, 15) is 18.0 Å². The molecule has 0 radical (unpaired) electrons. The number of nitrogens with zero attached hydrogens (tertiary/aromatic N) is 5. The molecular weight excluding hydrogens is 397 g/mol. The minimum absolute atomic E-state index is 0.115. The van der Waals surface area contributed by atoms with E-state index >= 15 is 0 Å². The number of rotatable bonds is 4. The van der Waals surface area contributed by atoms with E-state index in [0.717, 1.165) is 17.3 Å². The third kappa shape index (κ3) is 3.56. The van der Waals surface area contributed by atoms with Crippen LogP contribution in [0.1, 0.15) is 53.0 Å². The summed E-state index contributed by atoms with van der Waals surface area (Å²) < 4.78 is 42.2. The van der Waals surface area contributed by atoms with Gasteiger partial charge in [0, 0.05) is 24.0 Å². The first-order chi connectivity index (χ1) is 13.0. The SMILES string of the molecule is CCn1cc(C(C)NC(=O)c2nn3c(C(F)(F)F)cc(C)nc3c2Cl)c(C)n1. The first kappa shape index (κ1) is 20.1. The molecule has 0 spiro atoms. The molecule has 3 aromatic rings. The lowest BCUT2D eigenvalue weighted by Gasteiger charge is -2.12. The number of alkyl halides is 3. The third-order valence-electron chi connectivity index (χ3n) is 4.29. The Morgan fingerprint density at radius 2 is 2.00 bits per heavy atom. The smallest absolute Gasteiger partial charge is 0.344 e. The molecule has 0 saturated carbocycles. The van der Waals surface area contributed by atoms with Crippen molar-refractivity contribution in [3.05, 3.63) is 45.6 Å². The molecule has 150 valence electrons. The molecular formula is C17H18ClF3N6O. The fraction of sp³-hybridized carbons (Fsp3) is 0.412. The highest BCUT2D eigenvalue weighted by Crippen LogP contribution is 2.32. The Kier molecular flexibility index (Phi) is 5.09. The molecule has 0 aliphatic heterocycles. The van der Waals surface area contributed by atoms with E-state index < -0.39 is 23.8 Å². The first-order valence-corrected chi connectivity index (χ1v) is 8.88. The minimum Gasteiger partial charge on any atom is -0.344 e. The Bertz CT molecular complexity index is 1060. The second-order valence-electron chi connectivity index (χ2n) is 6.40. The molecule has 28 heavy (non-hydrogen) atoms. The molecule has 1 amide bonds. The molecule has 3 aromatic heterocycles. The topological polar surface area (TPSA) is 77.1 Å². The zero-order chi connectivity index (χ0) is 20.8. The van der Waals surface area contributed by atoms with Gasteiger partial charge in [0.05, 0.1) is 11.7 Å². The van der Waals surface area contributed by atoms with Gasteiger partial charge in [-0.15, -0.1) is 0 Å². The summed E-state index contributed by atoms with van der Waals surface area (Å²) in [6, 6.07) is 0.411. The highest BCUT2D eigenvalue weighted by atomic mass is 35.5. The summed E-state index contributed by atoms with van der Waals surface area (Å²) >= 11 is 6.14. The molecule has 1 atom stereocenters. The van der Waals surface area contributed by atoms with Crippen molar-refractivity contribution in [2.75, 3.05) is 0 Å². The van der Waals surface area contributed by atoms with E-state index in [1.165, 1.54) is 6.92 Å². The summed E-state index contributed by atoms with van der Waals surface area (Å²) in [5.74, 6) is -0.697. The van der Waals surface area contributed by atoms with Crippen LogP contribution in [0.25, 0.3) is 5.65 Å². The lowest BCUT2D eigenvalue weighted by Crippen LogP contribution is -2.27. The van der Waals surface area contributed by atoms with Gasteiger partial charge >= 0.3 is 6.18 Å². The molecule has 11 heteroatoms. The predicted octanol–water partition coefficient (Wildman–Crippen LogP) is 3.73. The van der Waals surface area contributed by atoms with Gasteiger partial charge in [-0.25, -0.2) is 9.50 Å². The standard InChI is InChI=1S/C17H18ClF3N6O/c1-5-26-7-11(10(4)24-26)9(3)23-16(28)14-13(18)15-22-8(2)6-12(17(19,20)21)27(15)25-14/h6-7,9H,5H2,1-4H3,(H,23,28). The number of aromatic nitrogens is 5. The van der Waals surface area contributed by atoms with E-state index in [1.54, 1.807) is 17.8 Å². The van der Waals surface area contributed by atoms with Gasteiger partial charge in [-0.3, -0.25) is 9.48 Å². The molecule has 0 fully saturated rings. The lowest BCUT2D eigenvalue weighted by atomic mass is 10.1. The van der Waals surface area contributed by atoms with Crippen molar-refractivity contribution < 1.29 is 18.0 Å². The van der Waals surface area contributed by atoms with E-state index in [4.69, 9.17) is 11.6 Å². The Balaban J connectivity index is 1.98. The maximum absolute atomic E-state index is 13.3. The van der Waals surface area contributed by atoms with Gasteiger partial charge in [0.1, 0.15) is 10.7 Å². The zero-order valence-electron chi connectivity index (χ0n) is 15.6. The summed E-state index contributed by atoms with van der Waals surface area (Å²) in [6.07, 6.45) is -2.87. The summed E-state index contributed by atoms with van der Waals surface area (Å²) in [4.78, 5) is 16.6. The van der Waals surface area contributed by atoms with Crippen LogP contribution in [0.4, 0.5) is 13.2 Å². The minimum atomic E-state index is -4.67. The van der Waals surface area contributed by atoms with Crippen LogP contribution < -0.4 is 5.32 Å². The van der Waals surface area contributed by atoms with E-state index in [0.29, 0.717) is 11.1 Å². The summed E-state index contributed by atoms with van der Waals surface area (Å²) in [5, 5.41) is 10.6. The fourth-order valence-corrected chi connectivity index (χ4v) is 3.17. The van der Waals surface area contributed by atoms with Crippen molar-refractivity contribution in [1.29, 1.82) is 0 Å². The number of aryl methyl sites for hydroxylation is 3. The van der Waals surface area contributed by atoms with Gasteiger partial charge in [0.25, 0.3) is 5.91 Å². The monoisotopic (exact) mass is 414 g/mol. The highest BCUT2D eigenvalue weighted by Gasteiger charge is 2.36. The van der Waals surface area contributed by atoms with Crippen LogP contribution in [0.5, 0.6) is 0 Å². The number of hydrogen-bond acceptors (Lipinski definition) is 4. The molecule has 1 unspecified atom stereocenters. The Labute approximate surface area is 163 Å². The molecule has 0 bridgehead atoms. The number of hydrogen-bond donors (Lipinski definition) is 1. The third-order valence-corrected chi connectivity index (χ3v) is 4.64. The maximum atomic E-state index is 13.3. The molecule has 3 rings (SSSR count). The first-order valence-electron chi connectivity index (χ1n) is 8.50. The van der Waals surface area contributed by atoms with E-state index in [1.807, 2.05) is 13.8 Å². The molecule has 0 saturated heterocycles. The van der Waals surface area contributed by atoms with E-state index in [2.05, 4.69) is 20.5 Å². The van der Waals surface area contributed by atoms with Gasteiger partial charge in [0.15, 0.2) is 11.3 Å². The molecule has 0 aromatic carbocycles. The second kappa shape index (κ2) is 7.08. The summed E-state index contributed by atoms with van der Waals surface area (Å²) in [5.41, 5.74) is 0.0560. The van der Waals surface area contributed by atoms with Crippen LogP contribution in [0, 0.1) is 13.8 Å². The Hall–Kier alpha value is -2.62. The Morgan fingerprint density at radius 3 is 2.57 bits per heavy atom. The van der Waals surface area contributed by atoms with Crippen LogP contribution in [0.2, 0.25) is 5.02 Å². The number of halogens is 4. The number of carbonyl (C=O) groups excluding carboxylic acids is 1. The van der Waals surface area contributed by atoms with Crippen LogP contribution >= 0.6 is 11.6 Å². The van der Waals surface area contributed by atoms with Crippen molar-refractivity contribution >= 4 is 23.2 Å². The van der Waals surface area contributed by atoms with Crippen molar-refractivity contribution in [1.82, 2.24) is 29.7 Å². The number of amides is 1. The van der Waals surface area contributed by atoms with Crippen LogP contribution in [0.3, 0.4) is 0 Å². The van der Waals surface area contributed by atoms with Crippen LogP contribution in [-0.2, 0) is 12.7 Å². The quantitative estimate of drug-likeness (QED) is 0.705. The van der Waals surface area contributed by atoms with Crippen LogP contribution in [-0.4, -0.2) is 30.3 Å². The normalized spacial score (nSPS) is 13.1. The fourth-order valence-electron chi connectivity index (χ4n) is 2.92. The van der Waals surface area contributed by atoms with Crippen LogP contribution in [0.15, 0.2) is 12.3 Å². The van der Waals surface area contributed by atoms with Crippen molar-refractivity contribution in [3.8, 4) is 0 Å². The van der Waals surface area contributed by atoms with Crippen molar-refractivity contribution in [2.45, 2.75) is 46.5 Å². The number of carbonyl (C=O) groups is 1. The maximum Gasteiger partial charge on any atom is 0.433 e. The molecule has 0 aliphatic rings. The Morgan fingerprint density at radius 1 is 1.32 bits per heavy atom. The summed E-state index contributed by atoms with van der Waals surface area (Å²) in [6.45, 7) is 7.57. The lowest BCUT2D eigenvalue weighted by molar-refractivity contribution is -0.142. The molecule has 1 N–H and O–H groups in total. The van der Waals surface area contributed by atoms with Gasteiger partial charge in [-0.05, 0) is 33.8 Å². The zero-order valence-corrected chi connectivity index (χ0v) is 16.4. The molecule has 3 heterocycles. The van der Waals surface area contributed by atoms with E-state index in [-0.39, 0.29) is 22.1 Å². The predicted molar refractivity (Wildman–Crippen MR) is 96.3 cm³/mol. The van der Waals surface area contributed by atoms with Gasteiger partial charge < -0.3 is 5.32 Å².